The molecule has 1 aromatic carbocycles. The predicted molar refractivity (Wildman–Crippen MR) is 79.0 cm³/mol. The molecule has 0 saturated carbocycles. The molecule has 0 spiro atoms. The molecule has 21 heavy (non-hydrogen) atoms. The maximum atomic E-state index is 12.0. The first kappa shape index (κ1) is 15.0. The molecule has 112 valence electrons. The molecule has 1 amide bonds. The number of benzene rings is 1. The van der Waals surface area contributed by atoms with Crippen LogP contribution in [0.2, 0.25) is 0 Å². The maximum Gasteiger partial charge on any atom is 0.255 e. The summed E-state index contributed by atoms with van der Waals surface area (Å²) in [7, 11) is 1.62. The van der Waals surface area contributed by atoms with Gasteiger partial charge < -0.3 is 19.2 Å². The zero-order chi connectivity index (χ0) is 15.2. The van der Waals surface area contributed by atoms with Gasteiger partial charge in [0.05, 0.1) is 25.5 Å². The standard InChI is InChI=1S/C16H19NO4/c1-11-10-21-12(2)15(11)16(18)17-8-9-20-14-6-4-13(19-3)5-7-14/h4-7,10H,8-9H2,1-3H3,(H,17,18). The number of amides is 1. The molecule has 0 unspecified atom stereocenters. The third-order valence-corrected chi connectivity index (χ3v) is 3.10. The number of furan rings is 1. The monoisotopic (exact) mass is 289 g/mol. The van der Waals surface area contributed by atoms with E-state index < -0.39 is 0 Å². The first-order valence-corrected chi connectivity index (χ1v) is 6.71. The summed E-state index contributed by atoms with van der Waals surface area (Å²) in [5, 5.41) is 2.81. The van der Waals surface area contributed by atoms with E-state index in [1.165, 1.54) is 0 Å². The van der Waals surface area contributed by atoms with E-state index in [2.05, 4.69) is 5.32 Å². The van der Waals surface area contributed by atoms with Gasteiger partial charge in [0.25, 0.3) is 5.91 Å². The molecule has 0 saturated heterocycles. The van der Waals surface area contributed by atoms with Crippen molar-refractivity contribution in [3.8, 4) is 11.5 Å². The van der Waals surface area contributed by atoms with Crippen molar-refractivity contribution in [3.05, 3.63) is 47.4 Å². The Labute approximate surface area is 123 Å². The molecule has 0 aliphatic carbocycles. The summed E-state index contributed by atoms with van der Waals surface area (Å²) in [6.45, 7) is 4.44. The van der Waals surface area contributed by atoms with E-state index in [1.807, 2.05) is 31.2 Å². The highest BCUT2D eigenvalue weighted by Gasteiger charge is 2.14. The summed E-state index contributed by atoms with van der Waals surface area (Å²) in [5.41, 5.74) is 1.43. The van der Waals surface area contributed by atoms with Crippen molar-refractivity contribution in [2.24, 2.45) is 0 Å². The lowest BCUT2D eigenvalue weighted by Crippen LogP contribution is -2.28. The highest BCUT2D eigenvalue weighted by atomic mass is 16.5. The number of aryl methyl sites for hydroxylation is 2. The highest BCUT2D eigenvalue weighted by molar-refractivity contribution is 5.96. The topological polar surface area (TPSA) is 60.7 Å². The fourth-order valence-electron chi connectivity index (χ4n) is 2.01. The van der Waals surface area contributed by atoms with Crippen LogP contribution >= 0.6 is 0 Å². The molecule has 2 aromatic rings. The van der Waals surface area contributed by atoms with Crippen molar-refractivity contribution in [1.82, 2.24) is 5.32 Å². The van der Waals surface area contributed by atoms with Gasteiger partial charge in [0.1, 0.15) is 23.9 Å². The molecule has 0 bridgehead atoms. The SMILES string of the molecule is COc1ccc(OCCNC(=O)c2c(C)coc2C)cc1. The van der Waals surface area contributed by atoms with Crippen LogP contribution in [0.1, 0.15) is 21.7 Å². The smallest absolute Gasteiger partial charge is 0.255 e. The van der Waals surface area contributed by atoms with Crippen molar-refractivity contribution in [3.63, 3.8) is 0 Å². The molecule has 5 heteroatoms. The van der Waals surface area contributed by atoms with Crippen LogP contribution in [-0.4, -0.2) is 26.2 Å². The Hall–Kier alpha value is -2.43. The number of carbonyl (C=O) groups is 1. The predicted octanol–water partition coefficient (Wildman–Crippen LogP) is 2.71. The second-order valence-electron chi connectivity index (χ2n) is 4.63. The molecular weight excluding hydrogens is 270 g/mol. The number of carbonyl (C=O) groups excluding carboxylic acids is 1. The Bertz CT molecular complexity index is 582. The molecule has 0 aliphatic heterocycles. The summed E-state index contributed by atoms with van der Waals surface area (Å²) in [4.78, 5) is 12.0. The fourth-order valence-corrected chi connectivity index (χ4v) is 2.01. The van der Waals surface area contributed by atoms with E-state index in [9.17, 15) is 4.79 Å². The summed E-state index contributed by atoms with van der Waals surface area (Å²) in [6.07, 6.45) is 1.58. The van der Waals surface area contributed by atoms with Gasteiger partial charge in [-0.25, -0.2) is 0 Å². The summed E-state index contributed by atoms with van der Waals surface area (Å²) in [5.74, 6) is 2.00. The van der Waals surface area contributed by atoms with E-state index in [0.29, 0.717) is 24.5 Å². The highest BCUT2D eigenvalue weighted by Crippen LogP contribution is 2.17. The molecule has 1 aromatic heterocycles. The second-order valence-corrected chi connectivity index (χ2v) is 4.63. The molecule has 5 nitrogen and oxygen atoms in total. The summed E-state index contributed by atoms with van der Waals surface area (Å²) < 4.78 is 15.8. The Morgan fingerprint density at radius 3 is 2.43 bits per heavy atom. The van der Waals surface area contributed by atoms with Gasteiger partial charge >= 0.3 is 0 Å². The number of hydrogen-bond acceptors (Lipinski definition) is 4. The van der Waals surface area contributed by atoms with Crippen LogP contribution in [0.25, 0.3) is 0 Å². The number of nitrogens with one attached hydrogen (secondary N) is 1. The molecule has 2 rings (SSSR count). The minimum Gasteiger partial charge on any atom is -0.497 e. The molecule has 0 radical (unpaired) electrons. The van der Waals surface area contributed by atoms with E-state index in [0.717, 1.165) is 17.1 Å². The first-order valence-electron chi connectivity index (χ1n) is 6.71. The average Bonchev–Trinajstić information content (AvgIpc) is 2.83. The number of hydrogen-bond donors (Lipinski definition) is 1. The Morgan fingerprint density at radius 2 is 1.86 bits per heavy atom. The van der Waals surface area contributed by atoms with Crippen molar-refractivity contribution >= 4 is 5.91 Å². The third kappa shape index (κ3) is 3.78. The van der Waals surface area contributed by atoms with E-state index in [4.69, 9.17) is 13.9 Å². The Balaban J connectivity index is 1.78. The number of methoxy groups -OCH3 is 1. The van der Waals surface area contributed by atoms with Gasteiger partial charge in [-0.2, -0.15) is 0 Å². The largest absolute Gasteiger partial charge is 0.497 e. The minimum absolute atomic E-state index is 0.142. The van der Waals surface area contributed by atoms with E-state index in [-0.39, 0.29) is 5.91 Å². The fraction of sp³-hybridized carbons (Fsp3) is 0.312. The van der Waals surface area contributed by atoms with Crippen LogP contribution in [-0.2, 0) is 0 Å². The lowest BCUT2D eigenvalue weighted by atomic mass is 10.1. The van der Waals surface area contributed by atoms with E-state index in [1.54, 1.807) is 20.3 Å². The molecule has 0 atom stereocenters. The van der Waals surface area contributed by atoms with Gasteiger partial charge in [-0.3, -0.25) is 4.79 Å². The second kappa shape index (κ2) is 6.83. The molecule has 0 fully saturated rings. The molecule has 0 aliphatic rings. The Morgan fingerprint density at radius 1 is 1.19 bits per heavy atom. The average molecular weight is 289 g/mol. The number of ether oxygens (including phenoxy) is 2. The normalized spacial score (nSPS) is 10.2. The zero-order valence-corrected chi connectivity index (χ0v) is 12.4. The van der Waals surface area contributed by atoms with Gasteiger partial charge in [0, 0.05) is 5.56 Å². The van der Waals surface area contributed by atoms with Crippen molar-refractivity contribution in [2.45, 2.75) is 13.8 Å². The first-order chi connectivity index (χ1) is 10.1. The van der Waals surface area contributed by atoms with Gasteiger partial charge in [-0.1, -0.05) is 0 Å². The van der Waals surface area contributed by atoms with Gasteiger partial charge in [-0.15, -0.1) is 0 Å². The van der Waals surface area contributed by atoms with Gasteiger partial charge in [0.2, 0.25) is 0 Å². The lowest BCUT2D eigenvalue weighted by molar-refractivity contribution is 0.0945. The quantitative estimate of drug-likeness (QED) is 0.831. The van der Waals surface area contributed by atoms with Crippen LogP contribution in [0, 0.1) is 13.8 Å². The van der Waals surface area contributed by atoms with Crippen molar-refractivity contribution < 1.29 is 18.7 Å². The summed E-state index contributed by atoms with van der Waals surface area (Å²) in [6, 6.07) is 7.30. The van der Waals surface area contributed by atoms with Crippen LogP contribution < -0.4 is 14.8 Å². The van der Waals surface area contributed by atoms with Crippen molar-refractivity contribution in [1.29, 1.82) is 0 Å². The van der Waals surface area contributed by atoms with Crippen molar-refractivity contribution in [2.75, 3.05) is 20.3 Å². The van der Waals surface area contributed by atoms with Crippen LogP contribution in [0.5, 0.6) is 11.5 Å². The van der Waals surface area contributed by atoms with Crippen LogP contribution in [0.15, 0.2) is 34.9 Å². The van der Waals surface area contributed by atoms with Crippen LogP contribution in [0.3, 0.4) is 0 Å². The molecule has 1 heterocycles. The van der Waals surface area contributed by atoms with Gasteiger partial charge in [-0.05, 0) is 38.1 Å². The molecular formula is C16H19NO4. The summed E-state index contributed by atoms with van der Waals surface area (Å²) >= 11 is 0. The van der Waals surface area contributed by atoms with E-state index >= 15 is 0 Å². The molecule has 1 N–H and O–H groups in total. The number of rotatable bonds is 6. The van der Waals surface area contributed by atoms with Gasteiger partial charge in [0.15, 0.2) is 0 Å². The minimum atomic E-state index is -0.142. The lowest BCUT2D eigenvalue weighted by Gasteiger charge is -2.08. The maximum absolute atomic E-state index is 12.0. The Kier molecular flexibility index (Phi) is 4.87. The third-order valence-electron chi connectivity index (χ3n) is 3.10. The zero-order valence-electron chi connectivity index (χ0n) is 12.4. The van der Waals surface area contributed by atoms with Crippen LogP contribution in [0.4, 0.5) is 0 Å².